The molecule has 2 rings (SSSR count). The molecule has 2 N–H and O–H groups in total. The average Bonchev–Trinajstić information content (AvgIpc) is 2.40. The highest BCUT2D eigenvalue weighted by Crippen LogP contribution is 2.29. The van der Waals surface area contributed by atoms with Gasteiger partial charge in [0.25, 0.3) is 0 Å². The van der Waals surface area contributed by atoms with Crippen molar-refractivity contribution in [3.8, 4) is 0 Å². The van der Waals surface area contributed by atoms with E-state index < -0.39 is 0 Å². The van der Waals surface area contributed by atoms with Gasteiger partial charge in [0.05, 0.1) is 0 Å². The maximum Gasteiger partial charge on any atom is 0.128 e. The van der Waals surface area contributed by atoms with Gasteiger partial charge in [0.2, 0.25) is 0 Å². The SMILES string of the molecule is CCNc1cccc(NC2CCCCC2SC)n1. The fourth-order valence-electron chi connectivity index (χ4n) is 2.53. The van der Waals surface area contributed by atoms with Gasteiger partial charge in [-0.2, -0.15) is 11.8 Å². The zero-order chi connectivity index (χ0) is 12.8. The van der Waals surface area contributed by atoms with E-state index in [2.05, 4.69) is 40.9 Å². The quantitative estimate of drug-likeness (QED) is 0.853. The van der Waals surface area contributed by atoms with Gasteiger partial charge in [0.1, 0.15) is 11.6 Å². The number of nitrogens with one attached hydrogen (secondary N) is 2. The van der Waals surface area contributed by atoms with E-state index in [0.717, 1.165) is 23.4 Å². The first-order valence-electron chi connectivity index (χ1n) is 6.83. The van der Waals surface area contributed by atoms with Crippen LogP contribution in [0, 0.1) is 0 Å². The summed E-state index contributed by atoms with van der Waals surface area (Å²) in [6, 6.07) is 6.71. The summed E-state index contributed by atoms with van der Waals surface area (Å²) in [7, 11) is 0. The number of thioether (sulfide) groups is 1. The molecule has 1 aliphatic carbocycles. The topological polar surface area (TPSA) is 37.0 Å². The van der Waals surface area contributed by atoms with Crippen molar-refractivity contribution in [2.45, 2.75) is 43.9 Å². The van der Waals surface area contributed by atoms with Crippen LogP contribution in [0.5, 0.6) is 0 Å². The van der Waals surface area contributed by atoms with Gasteiger partial charge in [0.15, 0.2) is 0 Å². The van der Waals surface area contributed by atoms with Crippen molar-refractivity contribution in [2.75, 3.05) is 23.4 Å². The minimum atomic E-state index is 0.568. The van der Waals surface area contributed by atoms with E-state index in [1.165, 1.54) is 25.7 Å². The van der Waals surface area contributed by atoms with Crippen LogP contribution in [0.1, 0.15) is 32.6 Å². The third-order valence-electron chi connectivity index (χ3n) is 3.45. The Balaban J connectivity index is 2.00. The van der Waals surface area contributed by atoms with E-state index in [9.17, 15) is 0 Å². The van der Waals surface area contributed by atoms with Crippen LogP contribution in [0.4, 0.5) is 11.6 Å². The summed E-state index contributed by atoms with van der Waals surface area (Å²) >= 11 is 1.98. The summed E-state index contributed by atoms with van der Waals surface area (Å²) in [5.74, 6) is 1.96. The van der Waals surface area contributed by atoms with Gasteiger partial charge in [-0.05, 0) is 38.2 Å². The van der Waals surface area contributed by atoms with Crippen molar-refractivity contribution in [1.82, 2.24) is 4.98 Å². The predicted molar refractivity (Wildman–Crippen MR) is 81.6 cm³/mol. The molecule has 2 unspecified atom stereocenters. The third-order valence-corrected chi connectivity index (χ3v) is 4.62. The first-order valence-corrected chi connectivity index (χ1v) is 8.12. The summed E-state index contributed by atoms with van der Waals surface area (Å²) in [5.41, 5.74) is 0. The molecule has 100 valence electrons. The zero-order valence-electron chi connectivity index (χ0n) is 11.3. The van der Waals surface area contributed by atoms with Crippen molar-refractivity contribution >= 4 is 23.4 Å². The molecule has 1 heterocycles. The molecule has 1 fully saturated rings. The minimum Gasteiger partial charge on any atom is -0.370 e. The Bertz CT molecular complexity index is 370. The van der Waals surface area contributed by atoms with Crippen LogP contribution >= 0.6 is 11.8 Å². The molecule has 0 amide bonds. The smallest absolute Gasteiger partial charge is 0.128 e. The summed E-state index contributed by atoms with van der Waals surface area (Å²) in [4.78, 5) is 4.59. The van der Waals surface area contributed by atoms with Gasteiger partial charge in [-0.1, -0.05) is 18.9 Å². The number of hydrogen-bond donors (Lipinski definition) is 2. The molecule has 4 heteroatoms. The van der Waals surface area contributed by atoms with Gasteiger partial charge in [-0.25, -0.2) is 4.98 Å². The second kappa shape index (κ2) is 6.88. The Kier molecular flexibility index (Phi) is 5.17. The number of aromatic nitrogens is 1. The summed E-state index contributed by atoms with van der Waals surface area (Å²) < 4.78 is 0. The van der Waals surface area contributed by atoms with Crippen LogP contribution in [0.25, 0.3) is 0 Å². The largest absolute Gasteiger partial charge is 0.370 e. The molecule has 1 saturated carbocycles. The number of rotatable bonds is 5. The van der Waals surface area contributed by atoms with Gasteiger partial charge in [-0.3, -0.25) is 0 Å². The number of nitrogens with zero attached hydrogens (tertiary/aromatic N) is 1. The van der Waals surface area contributed by atoms with Crippen LogP contribution in [-0.2, 0) is 0 Å². The lowest BCUT2D eigenvalue weighted by Crippen LogP contribution is -2.34. The molecule has 0 radical (unpaired) electrons. The summed E-state index contributed by atoms with van der Waals surface area (Å²) in [6.45, 7) is 3.00. The normalized spacial score (nSPS) is 23.7. The highest BCUT2D eigenvalue weighted by molar-refractivity contribution is 7.99. The van der Waals surface area contributed by atoms with Gasteiger partial charge in [-0.15, -0.1) is 0 Å². The van der Waals surface area contributed by atoms with E-state index in [1.807, 2.05) is 17.8 Å². The van der Waals surface area contributed by atoms with Gasteiger partial charge in [0, 0.05) is 17.8 Å². The monoisotopic (exact) mass is 265 g/mol. The van der Waals surface area contributed by atoms with Crippen molar-refractivity contribution in [3.05, 3.63) is 18.2 Å². The van der Waals surface area contributed by atoms with Crippen LogP contribution in [-0.4, -0.2) is 29.1 Å². The van der Waals surface area contributed by atoms with Gasteiger partial charge < -0.3 is 10.6 Å². The first kappa shape index (κ1) is 13.5. The Hall–Kier alpha value is -0.900. The second-order valence-corrected chi connectivity index (χ2v) is 5.82. The Morgan fingerprint density at radius 2 is 2.06 bits per heavy atom. The number of pyridine rings is 1. The molecule has 0 saturated heterocycles. The van der Waals surface area contributed by atoms with E-state index in [1.54, 1.807) is 0 Å². The molecule has 0 bridgehead atoms. The molecule has 1 aromatic rings. The minimum absolute atomic E-state index is 0.568. The van der Waals surface area contributed by atoms with E-state index >= 15 is 0 Å². The van der Waals surface area contributed by atoms with Gasteiger partial charge >= 0.3 is 0 Å². The standard InChI is InChI=1S/C14H23N3S/c1-3-15-13-9-6-10-14(17-13)16-11-7-4-5-8-12(11)18-2/h6,9-12H,3-5,7-8H2,1-2H3,(H2,15,16,17). The second-order valence-electron chi connectivity index (χ2n) is 4.75. The molecule has 0 spiro atoms. The molecular weight excluding hydrogens is 242 g/mol. The highest BCUT2D eigenvalue weighted by atomic mass is 32.2. The highest BCUT2D eigenvalue weighted by Gasteiger charge is 2.24. The van der Waals surface area contributed by atoms with Crippen molar-refractivity contribution in [1.29, 1.82) is 0 Å². The Morgan fingerprint density at radius 1 is 1.28 bits per heavy atom. The van der Waals surface area contributed by atoms with Crippen LogP contribution < -0.4 is 10.6 Å². The average molecular weight is 265 g/mol. The maximum atomic E-state index is 4.59. The van der Waals surface area contributed by atoms with E-state index in [-0.39, 0.29) is 0 Å². The first-order chi connectivity index (χ1) is 8.83. The van der Waals surface area contributed by atoms with Crippen molar-refractivity contribution in [3.63, 3.8) is 0 Å². The lowest BCUT2D eigenvalue weighted by Gasteiger charge is -2.31. The lowest BCUT2D eigenvalue weighted by atomic mass is 9.95. The number of hydrogen-bond acceptors (Lipinski definition) is 4. The molecule has 18 heavy (non-hydrogen) atoms. The fourth-order valence-corrected chi connectivity index (χ4v) is 3.46. The lowest BCUT2D eigenvalue weighted by molar-refractivity contribution is 0.474. The molecule has 3 nitrogen and oxygen atoms in total. The summed E-state index contributed by atoms with van der Waals surface area (Å²) in [5, 5.41) is 7.59. The molecule has 2 atom stereocenters. The van der Waals surface area contributed by atoms with Crippen LogP contribution in [0.2, 0.25) is 0 Å². The Labute approximate surface area is 114 Å². The van der Waals surface area contributed by atoms with E-state index in [0.29, 0.717) is 6.04 Å². The molecule has 0 aliphatic heterocycles. The molecule has 0 aromatic carbocycles. The van der Waals surface area contributed by atoms with Crippen LogP contribution in [0.3, 0.4) is 0 Å². The molecule has 1 aromatic heterocycles. The molecular formula is C14H23N3S. The van der Waals surface area contributed by atoms with E-state index in [4.69, 9.17) is 0 Å². The number of anilines is 2. The third kappa shape index (κ3) is 3.55. The zero-order valence-corrected chi connectivity index (χ0v) is 12.1. The molecule has 1 aliphatic rings. The van der Waals surface area contributed by atoms with Crippen molar-refractivity contribution in [2.24, 2.45) is 0 Å². The van der Waals surface area contributed by atoms with Crippen molar-refractivity contribution < 1.29 is 0 Å². The summed E-state index contributed by atoms with van der Waals surface area (Å²) in [6.07, 6.45) is 7.51. The fraction of sp³-hybridized carbons (Fsp3) is 0.643. The maximum absolute atomic E-state index is 4.59. The van der Waals surface area contributed by atoms with Crippen LogP contribution in [0.15, 0.2) is 18.2 Å². The Morgan fingerprint density at radius 3 is 2.83 bits per heavy atom. The predicted octanol–water partition coefficient (Wildman–Crippen LogP) is 3.60.